The molecule has 0 saturated carbocycles. The number of carbonyl (C=O) groups excluding carboxylic acids is 1. The monoisotopic (exact) mass is 291 g/mol. The highest BCUT2D eigenvalue weighted by Crippen LogP contribution is 2.09. The maximum atomic E-state index is 11.4. The van der Waals surface area contributed by atoms with E-state index in [0.717, 1.165) is 12.0 Å². The van der Waals surface area contributed by atoms with Gasteiger partial charge in [-0.25, -0.2) is 9.78 Å². The number of hydrogen-bond donors (Lipinski definition) is 1. The van der Waals surface area contributed by atoms with E-state index in [9.17, 15) is 4.79 Å². The second-order valence-corrected chi connectivity index (χ2v) is 4.48. The van der Waals surface area contributed by atoms with E-state index in [4.69, 9.17) is 16.3 Å². The lowest BCUT2D eigenvalue weighted by atomic mass is 10.1. The van der Waals surface area contributed by atoms with Gasteiger partial charge in [0.15, 0.2) is 0 Å². The number of rotatable bonds is 5. The Balaban J connectivity index is 1.92. The molecule has 0 aliphatic carbocycles. The van der Waals surface area contributed by atoms with E-state index in [1.165, 1.54) is 13.3 Å². The summed E-state index contributed by atoms with van der Waals surface area (Å²) < 4.78 is 4.69. The fourth-order valence-electron chi connectivity index (χ4n) is 1.73. The number of hydrogen-bond acceptors (Lipinski definition) is 5. The lowest BCUT2D eigenvalue weighted by Crippen LogP contribution is -2.08. The number of carbonyl (C=O) groups is 1. The molecule has 2 rings (SSSR count). The van der Waals surface area contributed by atoms with E-state index in [1.807, 2.05) is 18.2 Å². The normalized spacial score (nSPS) is 10.1. The van der Waals surface area contributed by atoms with Crippen molar-refractivity contribution >= 4 is 23.4 Å². The van der Waals surface area contributed by atoms with Crippen LogP contribution in [0.1, 0.15) is 15.9 Å². The first-order chi connectivity index (χ1) is 9.69. The van der Waals surface area contributed by atoms with Gasteiger partial charge < -0.3 is 10.1 Å². The van der Waals surface area contributed by atoms with E-state index in [0.29, 0.717) is 23.1 Å². The zero-order valence-electron chi connectivity index (χ0n) is 11.0. The summed E-state index contributed by atoms with van der Waals surface area (Å²) in [5, 5.41) is 3.47. The molecule has 1 aromatic heterocycles. The van der Waals surface area contributed by atoms with Gasteiger partial charge in [0.2, 0.25) is 0 Å². The number of anilines is 1. The van der Waals surface area contributed by atoms with Crippen LogP contribution in [0.4, 0.5) is 5.82 Å². The number of nitrogens with zero attached hydrogens (tertiary/aromatic N) is 2. The van der Waals surface area contributed by atoms with Crippen molar-refractivity contribution in [2.75, 3.05) is 19.0 Å². The summed E-state index contributed by atoms with van der Waals surface area (Å²) in [4.78, 5) is 19.4. The molecule has 0 amide bonds. The highest BCUT2D eigenvalue weighted by molar-refractivity contribution is 6.29. The second-order valence-electron chi connectivity index (χ2n) is 4.10. The van der Waals surface area contributed by atoms with E-state index in [2.05, 4.69) is 15.3 Å². The number of nitrogens with one attached hydrogen (secondary N) is 1. The quantitative estimate of drug-likeness (QED) is 0.858. The molecule has 0 aliphatic rings. The van der Waals surface area contributed by atoms with Gasteiger partial charge in [0.1, 0.15) is 11.0 Å². The van der Waals surface area contributed by atoms with E-state index >= 15 is 0 Å². The van der Waals surface area contributed by atoms with Crippen LogP contribution in [0.25, 0.3) is 0 Å². The summed E-state index contributed by atoms with van der Waals surface area (Å²) in [6, 6.07) is 7.33. The van der Waals surface area contributed by atoms with Crippen LogP contribution in [-0.4, -0.2) is 29.6 Å². The van der Waals surface area contributed by atoms with Gasteiger partial charge in [-0.15, -0.1) is 0 Å². The molecule has 6 heteroatoms. The van der Waals surface area contributed by atoms with Gasteiger partial charge in [-0.3, -0.25) is 4.98 Å². The molecule has 0 bridgehead atoms. The smallest absolute Gasteiger partial charge is 0.337 e. The van der Waals surface area contributed by atoms with Crippen molar-refractivity contribution in [3.8, 4) is 0 Å². The Morgan fingerprint density at radius 3 is 3.00 bits per heavy atom. The van der Waals surface area contributed by atoms with Crippen LogP contribution in [0, 0.1) is 0 Å². The predicted octanol–water partition coefficient (Wildman–Crippen LogP) is 2.57. The van der Waals surface area contributed by atoms with E-state index in [1.54, 1.807) is 12.3 Å². The van der Waals surface area contributed by atoms with Crippen LogP contribution in [0.5, 0.6) is 0 Å². The molecule has 20 heavy (non-hydrogen) atoms. The molecule has 0 radical (unpaired) electrons. The van der Waals surface area contributed by atoms with Crippen molar-refractivity contribution < 1.29 is 9.53 Å². The highest BCUT2D eigenvalue weighted by Gasteiger charge is 2.05. The Bertz CT molecular complexity index is 604. The Hall–Kier alpha value is -2.14. The number of ether oxygens (including phenoxy) is 1. The van der Waals surface area contributed by atoms with Crippen LogP contribution in [0.15, 0.2) is 36.7 Å². The lowest BCUT2D eigenvalue weighted by Gasteiger charge is -2.06. The van der Waals surface area contributed by atoms with Gasteiger partial charge in [-0.2, -0.15) is 0 Å². The Morgan fingerprint density at radius 2 is 2.25 bits per heavy atom. The third kappa shape index (κ3) is 3.93. The summed E-state index contributed by atoms with van der Waals surface area (Å²) >= 11 is 5.75. The third-order valence-corrected chi connectivity index (χ3v) is 2.86. The SMILES string of the molecule is COC(=O)c1cccc(CCNc2cncc(Cl)n2)c1. The molecule has 5 nitrogen and oxygen atoms in total. The molecule has 1 heterocycles. The molecule has 2 aromatic rings. The fraction of sp³-hybridized carbons (Fsp3) is 0.214. The van der Waals surface area contributed by atoms with Gasteiger partial charge in [0.25, 0.3) is 0 Å². The minimum Gasteiger partial charge on any atom is -0.465 e. The van der Waals surface area contributed by atoms with Gasteiger partial charge in [0.05, 0.1) is 25.1 Å². The number of benzene rings is 1. The molecular formula is C14H14ClN3O2. The van der Waals surface area contributed by atoms with Crippen molar-refractivity contribution in [3.05, 3.63) is 52.9 Å². The largest absolute Gasteiger partial charge is 0.465 e. The zero-order chi connectivity index (χ0) is 14.4. The summed E-state index contributed by atoms with van der Waals surface area (Å²) in [5.41, 5.74) is 1.59. The standard InChI is InChI=1S/C14H14ClN3O2/c1-20-14(19)11-4-2-3-10(7-11)5-6-17-13-9-16-8-12(15)18-13/h2-4,7-9H,5-6H2,1H3,(H,17,18). The van der Waals surface area contributed by atoms with Gasteiger partial charge in [0, 0.05) is 6.54 Å². The molecule has 0 aliphatic heterocycles. The summed E-state index contributed by atoms with van der Waals surface area (Å²) in [7, 11) is 1.37. The van der Waals surface area contributed by atoms with Crippen molar-refractivity contribution in [1.29, 1.82) is 0 Å². The minimum atomic E-state index is -0.333. The number of esters is 1. The Labute approximate surface area is 122 Å². The van der Waals surface area contributed by atoms with Crippen LogP contribution in [0.2, 0.25) is 5.15 Å². The second kappa shape index (κ2) is 6.86. The maximum Gasteiger partial charge on any atom is 0.337 e. The van der Waals surface area contributed by atoms with Crippen LogP contribution < -0.4 is 5.32 Å². The van der Waals surface area contributed by atoms with Crippen molar-refractivity contribution in [2.45, 2.75) is 6.42 Å². The number of methoxy groups -OCH3 is 1. The average molecular weight is 292 g/mol. The first-order valence-electron chi connectivity index (χ1n) is 6.07. The Morgan fingerprint density at radius 1 is 1.40 bits per heavy atom. The van der Waals surface area contributed by atoms with E-state index in [-0.39, 0.29) is 5.97 Å². The molecule has 0 saturated heterocycles. The molecule has 0 spiro atoms. The molecule has 1 N–H and O–H groups in total. The molecule has 104 valence electrons. The molecular weight excluding hydrogens is 278 g/mol. The zero-order valence-corrected chi connectivity index (χ0v) is 11.7. The van der Waals surface area contributed by atoms with Crippen molar-refractivity contribution in [3.63, 3.8) is 0 Å². The van der Waals surface area contributed by atoms with Crippen LogP contribution in [0.3, 0.4) is 0 Å². The number of halogens is 1. The maximum absolute atomic E-state index is 11.4. The van der Waals surface area contributed by atoms with Crippen molar-refractivity contribution in [1.82, 2.24) is 9.97 Å². The highest BCUT2D eigenvalue weighted by atomic mass is 35.5. The lowest BCUT2D eigenvalue weighted by molar-refractivity contribution is 0.0600. The average Bonchev–Trinajstić information content (AvgIpc) is 2.47. The van der Waals surface area contributed by atoms with Crippen LogP contribution >= 0.6 is 11.6 Å². The van der Waals surface area contributed by atoms with E-state index < -0.39 is 0 Å². The molecule has 1 aromatic carbocycles. The Kier molecular flexibility index (Phi) is 4.90. The summed E-state index contributed by atoms with van der Waals surface area (Å²) in [6.45, 7) is 0.666. The molecule has 0 fully saturated rings. The molecule has 0 unspecified atom stereocenters. The fourth-order valence-corrected chi connectivity index (χ4v) is 1.88. The summed E-state index contributed by atoms with van der Waals surface area (Å²) in [5.74, 6) is 0.294. The first-order valence-corrected chi connectivity index (χ1v) is 6.45. The van der Waals surface area contributed by atoms with Gasteiger partial charge in [-0.1, -0.05) is 23.7 Å². The first kappa shape index (κ1) is 14.3. The topological polar surface area (TPSA) is 64.1 Å². The number of aromatic nitrogens is 2. The summed E-state index contributed by atoms with van der Waals surface area (Å²) in [6.07, 6.45) is 3.84. The third-order valence-electron chi connectivity index (χ3n) is 2.67. The van der Waals surface area contributed by atoms with Crippen molar-refractivity contribution in [2.24, 2.45) is 0 Å². The minimum absolute atomic E-state index is 0.333. The molecule has 0 atom stereocenters. The van der Waals surface area contributed by atoms with Gasteiger partial charge >= 0.3 is 5.97 Å². The van der Waals surface area contributed by atoms with Gasteiger partial charge in [-0.05, 0) is 24.1 Å². The van der Waals surface area contributed by atoms with Crippen LogP contribution in [-0.2, 0) is 11.2 Å². The predicted molar refractivity (Wildman–Crippen MR) is 77.0 cm³/mol.